The van der Waals surface area contributed by atoms with Crippen LogP contribution in [0.5, 0.6) is 0 Å². The van der Waals surface area contributed by atoms with Gasteiger partial charge >= 0.3 is 0 Å². The molecule has 2 N–H and O–H groups in total. The van der Waals surface area contributed by atoms with E-state index in [4.69, 9.17) is 4.74 Å². The third-order valence-corrected chi connectivity index (χ3v) is 8.39. The highest BCUT2D eigenvalue weighted by Gasteiger charge is 2.49. The van der Waals surface area contributed by atoms with Crippen molar-refractivity contribution in [1.82, 2.24) is 15.1 Å². The van der Waals surface area contributed by atoms with Gasteiger partial charge < -0.3 is 9.84 Å². The van der Waals surface area contributed by atoms with Crippen molar-refractivity contribution in [3.05, 3.63) is 59.7 Å². The van der Waals surface area contributed by atoms with Crippen LogP contribution in [-0.2, 0) is 4.74 Å². The maximum atomic E-state index is 11.1. The largest absolute Gasteiger partial charge is 0.383 e. The van der Waals surface area contributed by atoms with Gasteiger partial charge in [-0.25, -0.2) is 0 Å². The first-order chi connectivity index (χ1) is 16.7. The van der Waals surface area contributed by atoms with Gasteiger partial charge in [0, 0.05) is 44.2 Å². The Morgan fingerprint density at radius 1 is 1.00 bits per heavy atom. The molecule has 3 fully saturated rings. The number of hydrogen-bond acceptors (Lipinski definition) is 5. The first kappa shape index (κ1) is 24.0. The van der Waals surface area contributed by atoms with Gasteiger partial charge in [0.2, 0.25) is 0 Å². The van der Waals surface area contributed by atoms with Crippen molar-refractivity contribution in [3.63, 3.8) is 0 Å². The number of nitrogens with zero attached hydrogens (tertiary/aromatic N) is 2. The molecular weight excluding hydrogens is 422 g/mol. The number of nitrogens with one attached hydrogen (secondary N) is 1. The average molecular weight is 464 g/mol. The summed E-state index contributed by atoms with van der Waals surface area (Å²) in [4.78, 5) is 4.92. The number of fused-ring (bicyclic) bond motifs is 1. The van der Waals surface area contributed by atoms with Crippen molar-refractivity contribution in [2.75, 3.05) is 33.4 Å². The first-order valence-electron chi connectivity index (χ1n) is 13.2. The Hall–Kier alpha value is -1.76. The Kier molecular flexibility index (Phi) is 7.67. The maximum absolute atomic E-state index is 11.1. The molecule has 0 bridgehead atoms. The van der Waals surface area contributed by atoms with Gasteiger partial charge in [-0.3, -0.25) is 15.1 Å². The summed E-state index contributed by atoms with van der Waals surface area (Å²) in [6.45, 7) is 5.90. The van der Waals surface area contributed by atoms with Gasteiger partial charge in [0.05, 0.1) is 6.61 Å². The highest BCUT2D eigenvalue weighted by atomic mass is 16.5. The van der Waals surface area contributed by atoms with Crippen molar-refractivity contribution in [3.8, 4) is 11.1 Å². The maximum Gasteiger partial charge on any atom is 0.163 e. The van der Waals surface area contributed by atoms with Crippen molar-refractivity contribution in [1.29, 1.82) is 0 Å². The molecule has 184 valence electrons. The summed E-state index contributed by atoms with van der Waals surface area (Å²) in [7, 11) is 1.82. The second kappa shape index (κ2) is 10.9. The molecule has 4 atom stereocenters. The summed E-state index contributed by atoms with van der Waals surface area (Å²) in [5.41, 5.74) is 5.27. The Bertz CT molecular complexity index is 927. The molecule has 1 unspecified atom stereocenters. The number of aliphatic hydroxyl groups is 1. The number of ether oxygens (including phenoxy) is 1. The first-order valence-corrected chi connectivity index (χ1v) is 13.2. The Labute approximate surface area is 205 Å². The number of aryl methyl sites for hydroxylation is 1. The van der Waals surface area contributed by atoms with Crippen molar-refractivity contribution >= 4 is 0 Å². The average Bonchev–Trinajstić information content (AvgIpc) is 3.34. The lowest BCUT2D eigenvalue weighted by atomic mass is 9.74. The minimum Gasteiger partial charge on any atom is -0.383 e. The van der Waals surface area contributed by atoms with Crippen LogP contribution in [0.4, 0.5) is 0 Å². The zero-order chi connectivity index (χ0) is 23.5. The molecule has 2 saturated heterocycles. The molecule has 2 aromatic carbocycles. The normalized spacial score (nSPS) is 27.6. The van der Waals surface area contributed by atoms with E-state index in [1.54, 1.807) is 0 Å². The quantitative estimate of drug-likeness (QED) is 0.598. The molecule has 0 amide bonds. The molecule has 2 heterocycles. The fraction of sp³-hybridized carbons (Fsp3) is 0.586. The molecule has 5 rings (SSSR count). The molecule has 0 radical (unpaired) electrons. The fourth-order valence-corrected chi connectivity index (χ4v) is 6.53. The number of benzene rings is 2. The lowest BCUT2D eigenvalue weighted by Gasteiger charge is -2.58. The second-order valence-corrected chi connectivity index (χ2v) is 10.5. The standard InChI is InChI=1S/C29H41N3O2/c1-21-9-3-6-12-25(21)22-13-15-23(16-14-22)28-26-19-31(29(33)30-24-10-4-5-11-24)17-7-8-18-32(26)27(28)20-34-2/h3,6,9,12-16,24,26-30,33H,4-5,7-8,10-11,17-20H2,1-2H3/t26-,27-,28+,29?/m1/s1. The van der Waals surface area contributed by atoms with E-state index in [9.17, 15) is 5.11 Å². The summed E-state index contributed by atoms with van der Waals surface area (Å²) < 4.78 is 5.67. The van der Waals surface area contributed by atoms with Crippen LogP contribution in [-0.4, -0.2) is 72.7 Å². The molecule has 34 heavy (non-hydrogen) atoms. The topological polar surface area (TPSA) is 48.0 Å². The third-order valence-electron chi connectivity index (χ3n) is 8.39. The highest BCUT2D eigenvalue weighted by Crippen LogP contribution is 2.43. The summed E-state index contributed by atoms with van der Waals surface area (Å²) in [5.74, 6) is 0.421. The summed E-state index contributed by atoms with van der Waals surface area (Å²) >= 11 is 0. The van der Waals surface area contributed by atoms with Crippen LogP contribution in [0.3, 0.4) is 0 Å². The SMILES string of the molecule is COC[C@@H]1[C@@H](c2ccc(-c3ccccc3C)cc2)[C@H]2CN(C(O)NC3CCCC3)CCCCN12. The molecule has 0 spiro atoms. The number of aliphatic hydroxyl groups excluding tert-OH is 1. The number of methoxy groups -OCH3 is 1. The molecule has 5 nitrogen and oxygen atoms in total. The number of hydrogen-bond donors (Lipinski definition) is 2. The molecular formula is C29H41N3O2. The van der Waals surface area contributed by atoms with Crippen LogP contribution < -0.4 is 5.32 Å². The molecule has 1 aliphatic carbocycles. The number of rotatable bonds is 7. The molecule has 2 aromatic rings. The summed E-state index contributed by atoms with van der Waals surface area (Å²) in [6, 6.07) is 19.1. The van der Waals surface area contributed by atoms with Gasteiger partial charge in [-0.15, -0.1) is 0 Å². The third kappa shape index (κ3) is 4.95. The summed E-state index contributed by atoms with van der Waals surface area (Å²) in [6.07, 6.45) is 6.68. The minimum atomic E-state index is -0.548. The van der Waals surface area contributed by atoms with E-state index in [1.165, 1.54) is 54.4 Å². The predicted octanol–water partition coefficient (Wildman–Crippen LogP) is 4.35. The van der Waals surface area contributed by atoms with E-state index < -0.39 is 6.35 Å². The van der Waals surface area contributed by atoms with Gasteiger partial charge in [-0.2, -0.15) is 0 Å². The van der Waals surface area contributed by atoms with Crippen LogP contribution in [0.15, 0.2) is 48.5 Å². The lowest BCUT2D eigenvalue weighted by molar-refractivity contribution is -0.107. The molecule has 3 aliphatic rings. The van der Waals surface area contributed by atoms with E-state index >= 15 is 0 Å². The van der Waals surface area contributed by atoms with Crippen molar-refractivity contribution < 1.29 is 9.84 Å². The van der Waals surface area contributed by atoms with Crippen molar-refractivity contribution in [2.24, 2.45) is 0 Å². The molecule has 1 saturated carbocycles. The Balaban J connectivity index is 1.35. The van der Waals surface area contributed by atoms with Gasteiger partial charge in [-0.1, -0.05) is 61.4 Å². The van der Waals surface area contributed by atoms with Gasteiger partial charge in [0.15, 0.2) is 6.35 Å². The van der Waals surface area contributed by atoms with E-state index in [1.807, 2.05) is 7.11 Å². The zero-order valence-corrected chi connectivity index (χ0v) is 20.8. The minimum absolute atomic E-state index is 0.402. The predicted molar refractivity (Wildman–Crippen MR) is 138 cm³/mol. The Morgan fingerprint density at radius 2 is 1.74 bits per heavy atom. The van der Waals surface area contributed by atoms with E-state index in [2.05, 4.69) is 70.6 Å². The van der Waals surface area contributed by atoms with Crippen LogP contribution >= 0.6 is 0 Å². The monoisotopic (exact) mass is 463 g/mol. The van der Waals surface area contributed by atoms with Gasteiger partial charge in [-0.05, 0) is 61.4 Å². The van der Waals surface area contributed by atoms with Crippen LogP contribution in [0.1, 0.15) is 55.6 Å². The highest BCUT2D eigenvalue weighted by molar-refractivity contribution is 5.67. The van der Waals surface area contributed by atoms with Crippen LogP contribution in [0, 0.1) is 6.92 Å². The van der Waals surface area contributed by atoms with E-state index in [0.29, 0.717) is 24.0 Å². The lowest BCUT2D eigenvalue weighted by Crippen LogP contribution is -2.69. The van der Waals surface area contributed by atoms with Gasteiger partial charge in [0.25, 0.3) is 0 Å². The second-order valence-electron chi connectivity index (χ2n) is 10.5. The van der Waals surface area contributed by atoms with Crippen molar-refractivity contribution in [2.45, 2.75) is 75.8 Å². The fourth-order valence-electron chi connectivity index (χ4n) is 6.53. The van der Waals surface area contributed by atoms with Crippen LogP contribution in [0.25, 0.3) is 11.1 Å². The summed E-state index contributed by atoms with van der Waals surface area (Å²) in [5, 5.41) is 14.6. The molecule has 5 heteroatoms. The smallest absolute Gasteiger partial charge is 0.163 e. The van der Waals surface area contributed by atoms with Crippen LogP contribution in [0.2, 0.25) is 0 Å². The Morgan fingerprint density at radius 3 is 2.47 bits per heavy atom. The van der Waals surface area contributed by atoms with Gasteiger partial charge in [0.1, 0.15) is 0 Å². The molecule has 0 aromatic heterocycles. The van der Waals surface area contributed by atoms with E-state index in [0.717, 1.165) is 32.7 Å². The van der Waals surface area contributed by atoms with E-state index in [-0.39, 0.29) is 0 Å². The zero-order valence-electron chi connectivity index (χ0n) is 20.8. The molecule has 2 aliphatic heterocycles.